The van der Waals surface area contributed by atoms with Gasteiger partial charge >= 0.3 is 0 Å². The van der Waals surface area contributed by atoms with Gasteiger partial charge in [-0.05, 0) is 17.7 Å². The molecule has 1 aromatic heterocycles. The number of allylic oxidation sites excluding steroid dienone is 4. The molecule has 1 atom stereocenters. The van der Waals surface area contributed by atoms with E-state index in [1.807, 2.05) is 6.07 Å². The Labute approximate surface area is 136 Å². The van der Waals surface area contributed by atoms with Gasteiger partial charge in [-0.1, -0.05) is 80.6 Å². The zero-order valence-corrected chi connectivity index (χ0v) is 13.5. The standard InChI is InChI=1S/C22H20O/c1-22(2)13-11-19-18-10-6-9-17(16-7-4-3-5-8-16)15-21(18)23-20(19)12-14-22/h3-15,17H,1-2H3. The first kappa shape index (κ1) is 14.1. The van der Waals surface area contributed by atoms with E-state index in [1.54, 1.807) is 0 Å². The number of hydrogen-bond acceptors (Lipinski definition) is 1. The molecule has 114 valence electrons. The van der Waals surface area contributed by atoms with Gasteiger partial charge in [0.1, 0.15) is 11.2 Å². The molecule has 23 heavy (non-hydrogen) atoms. The van der Waals surface area contributed by atoms with Gasteiger partial charge in [0.25, 0.3) is 0 Å². The van der Waals surface area contributed by atoms with Crippen molar-refractivity contribution in [1.82, 2.24) is 0 Å². The first-order chi connectivity index (χ1) is 11.1. The Balaban J connectivity index is 1.87. The summed E-state index contributed by atoms with van der Waals surface area (Å²) >= 11 is 0. The van der Waals surface area contributed by atoms with Crippen molar-refractivity contribution in [2.24, 2.45) is 5.41 Å². The first-order valence-electron chi connectivity index (χ1n) is 8.09. The fourth-order valence-electron chi connectivity index (χ4n) is 3.10. The van der Waals surface area contributed by atoms with E-state index in [9.17, 15) is 0 Å². The predicted octanol–water partition coefficient (Wildman–Crippen LogP) is 4.26. The summed E-state index contributed by atoms with van der Waals surface area (Å²) in [5.41, 5.74) is 3.48. The maximum Gasteiger partial charge on any atom is 0.135 e. The minimum atomic E-state index is 0.0608. The zero-order valence-electron chi connectivity index (χ0n) is 13.5. The topological polar surface area (TPSA) is 13.1 Å². The highest BCUT2D eigenvalue weighted by atomic mass is 16.3. The molecule has 0 saturated heterocycles. The van der Waals surface area contributed by atoms with E-state index < -0.39 is 0 Å². The summed E-state index contributed by atoms with van der Waals surface area (Å²) in [5, 5.41) is 1.17. The average Bonchev–Trinajstić information content (AvgIpc) is 2.67. The molecule has 0 amide bonds. The van der Waals surface area contributed by atoms with Crippen LogP contribution in [0.4, 0.5) is 0 Å². The number of hydrogen-bond donors (Lipinski definition) is 0. The molecule has 0 saturated carbocycles. The van der Waals surface area contributed by atoms with Crippen molar-refractivity contribution in [3.05, 3.63) is 82.2 Å². The molecule has 1 unspecified atom stereocenters. The van der Waals surface area contributed by atoms with Crippen LogP contribution in [-0.4, -0.2) is 0 Å². The maximum atomic E-state index is 6.17. The number of fused-ring (bicyclic) bond motifs is 3. The predicted molar refractivity (Wildman–Crippen MR) is 97.1 cm³/mol. The Hall–Kier alpha value is -2.54. The monoisotopic (exact) mass is 300 g/mol. The summed E-state index contributed by atoms with van der Waals surface area (Å²) in [7, 11) is 0. The van der Waals surface area contributed by atoms with Crippen molar-refractivity contribution in [1.29, 1.82) is 0 Å². The van der Waals surface area contributed by atoms with Gasteiger partial charge in [-0.2, -0.15) is 0 Å². The zero-order chi connectivity index (χ0) is 15.9. The van der Waals surface area contributed by atoms with Gasteiger partial charge in [0.15, 0.2) is 0 Å². The summed E-state index contributed by atoms with van der Waals surface area (Å²) in [6.07, 6.45) is 17.5. The minimum absolute atomic E-state index is 0.0608. The van der Waals surface area contributed by atoms with E-state index >= 15 is 0 Å². The summed E-state index contributed by atoms with van der Waals surface area (Å²) in [4.78, 5) is 0. The van der Waals surface area contributed by atoms with Crippen LogP contribution in [0.25, 0.3) is 24.3 Å². The quantitative estimate of drug-likeness (QED) is 0.767. The Morgan fingerprint density at radius 2 is 1.78 bits per heavy atom. The molecule has 4 rings (SSSR count). The number of furan rings is 1. The highest BCUT2D eigenvalue weighted by molar-refractivity contribution is 5.68. The van der Waals surface area contributed by atoms with Gasteiger partial charge in [-0.15, -0.1) is 0 Å². The normalized spacial score (nSPS) is 20.7. The Bertz CT molecular complexity index is 934. The fourth-order valence-corrected chi connectivity index (χ4v) is 3.10. The van der Waals surface area contributed by atoms with Gasteiger partial charge in [-0.25, -0.2) is 0 Å². The second kappa shape index (κ2) is 5.27. The molecule has 0 radical (unpaired) electrons. The van der Waals surface area contributed by atoms with Crippen molar-refractivity contribution >= 4 is 24.3 Å². The van der Waals surface area contributed by atoms with Crippen LogP contribution in [0, 0.1) is 5.41 Å². The number of benzene rings is 1. The molecule has 1 heteroatoms. The third kappa shape index (κ3) is 2.63. The van der Waals surface area contributed by atoms with Crippen LogP contribution in [0.1, 0.15) is 36.7 Å². The minimum Gasteiger partial charge on any atom is -0.456 e. The molecule has 0 aliphatic heterocycles. The van der Waals surface area contributed by atoms with Crippen LogP contribution in [0.15, 0.2) is 59.1 Å². The van der Waals surface area contributed by atoms with Crippen LogP contribution in [0.5, 0.6) is 0 Å². The van der Waals surface area contributed by atoms with E-state index in [2.05, 4.69) is 86.7 Å². The van der Waals surface area contributed by atoms with E-state index in [1.165, 1.54) is 16.3 Å². The summed E-state index contributed by atoms with van der Waals surface area (Å²) in [6.45, 7) is 4.40. The molecule has 1 nitrogen and oxygen atoms in total. The second-order valence-corrected chi connectivity index (χ2v) is 6.80. The molecule has 1 heterocycles. The van der Waals surface area contributed by atoms with Gasteiger partial charge in [0.2, 0.25) is 0 Å². The lowest BCUT2D eigenvalue weighted by molar-refractivity contribution is 0.519. The van der Waals surface area contributed by atoms with Crippen LogP contribution in [-0.2, 0) is 0 Å². The molecule has 0 N–H and O–H groups in total. The van der Waals surface area contributed by atoms with Crippen molar-refractivity contribution in [2.75, 3.05) is 0 Å². The SMILES string of the molecule is CC1(C)C=Cc2oc3c(c2C=C1)=CC=CC(c1ccccc1)C=3. The summed E-state index contributed by atoms with van der Waals surface area (Å²) in [6, 6.07) is 10.5. The Kier molecular flexibility index (Phi) is 3.23. The smallest absolute Gasteiger partial charge is 0.135 e. The van der Waals surface area contributed by atoms with Crippen molar-refractivity contribution < 1.29 is 4.42 Å². The second-order valence-electron chi connectivity index (χ2n) is 6.80. The molecule has 2 aliphatic carbocycles. The average molecular weight is 300 g/mol. The van der Waals surface area contributed by atoms with Gasteiger partial charge < -0.3 is 4.42 Å². The van der Waals surface area contributed by atoms with Crippen LogP contribution >= 0.6 is 0 Å². The van der Waals surface area contributed by atoms with E-state index in [-0.39, 0.29) is 11.3 Å². The van der Waals surface area contributed by atoms with Gasteiger partial charge in [0, 0.05) is 22.1 Å². The molecular formula is C22H20O. The maximum absolute atomic E-state index is 6.17. The van der Waals surface area contributed by atoms with Crippen LogP contribution in [0.2, 0.25) is 0 Å². The van der Waals surface area contributed by atoms with E-state index in [0.717, 1.165) is 11.2 Å². The van der Waals surface area contributed by atoms with Gasteiger partial charge in [-0.3, -0.25) is 0 Å². The van der Waals surface area contributed by atoms with Crippen molar-refractivity contribution in [3.63, 3.8) is 0 Å². The molecule has 2 aliphatic rings. The largest absolute Gasteiger partial charge is 0.456 e. The lowest BCUT2D eigenvalue weighted by atomic mass is 9.93. The Morgan fingerprint density at radius 3 is 2.61 bits per heavy atom. The fraction of sp³-hybridized carbons (Fsp3) is 0.182. The summed E-state index contributed by atoms with van der Waals surface area (Å²) in [5.74, 6) is 1.19. The molecule has 2 aromatic rings. The first-order valence-corrected chi connectivity index (χ1v) is 8.09. The van der Waals surface area contributed by atoms with E-state index in [0.29, 0.717) is 0 Å². The third-order valence-electron chi connectivity index (χ3n) is 4.48. The van der Waals surface area contributed by atoms with Crippen molar-refractivity contribution in [2.45, 2.75) is 19.8 Å². The molecule has 0 bridgehead atoms. The Morgan fingerprint density at radius 1 is 1.00 bits per heavy atom. The van der Waals surface area contributed by atoms with Crippen LogP contribution < -0.4 is 10.6 Å². The third-order valence-corrected chi connectivity index (χ3v) is 4.48. The molecule has 0 spiro atoms. The van der Waals surface area contributed by atoms with Gasteiger partial charge in [0.05, 0.1) is 0 Å². The van der Waals surface area contributed by atoms with Crippen LogP contribution in [0.3, 0.4) is 0 Å². The lowest BCUT2D eigenvalue weighted by Crippen LogP contribution is -2.21. The van der Waals surface area contributed by atoms with Crippen molar-refractivity contribution in [3.8, 4) is 0 Å². The molecule has 1 aromatic carbocycles. The summed E-state index contributed by atoms with van der Waals surface area (Å²) < 4.78 is 6.17. The lowest BCUT2D eigenvalue weighted by Gasteiger charge is -2.12. The molecular weight excluding hydrogens is 280 g/mol. The van der Waals surface area contributed by atoms with E-state index in [4.69, 9.17) is 4.42 Å². The molecule has 0 fully saturated rings. The highest BCUT2D eigenvalue weighted by Crippen LogP contribution is 2.26. The highest BCUT2D eigenvalue weighted by Gasteiger charge is 2.17. The number of rotatable bonds is 1.